The van der Waals surface area contributed by atoms with Gasteiger partial charge in [-0.15, -0.1) is 0 Å². The highest BCUT2D eigenvalue weighted by Gasteiger charge is 2.23. The van der Waals surface area contributed by atoms with Crippen LogP contribution in [0.3, 0.4) is 0 Å². The number of carbonyl (C=O) groups is 3. The Balaban J connectivity index is 1.74. The number of aliphatic hydroxyl groups is 1. The minimum atomic E-state index is -1.36. The second-order valence-electron chi connectivity index (χ2n) is 6.55. The van der Waals surface area contributed by atoms with E-state index in [0.29, 0.717) is 0 Å². The van der Waals surface area contributed by atoms with E-state index in [9.17, 15) is 29.0 Å². The van der Waals surface area contributed by atoms with Gasteiger partial charge < -0.3 is 25.6 Å². The van der Waals surface area contributed by atoms with Crippen LogP contribution >= 0.6 is 0 Å². The van der Waals surface area contributed by atoms with E-state index in [-0.39, 0.29) is 25.1 Å². The van der Waals surface area contributed by atoms with Gasteiger partial charge in [-0.2, -0.15) is 0 Å². The first kappa shape index (κ1) is 22.8. The van der Waals surface area contributed by atoms with Gasteiger partial charge in [0.25, 0.3) is 0 Å². The van der Waals surface area contributed by atoms with Crippen molar-refractivity contribution in [3.63, 3.8) is 0 Å². The van der Waals surface area contributed by atoms with E-state index in [0.717, 1.165) is 5.56 Å². The van der Waals surface area contributed by atoms with Crippen LogP contribution in [0.25, 0.3) is 0 Å². The van der Waals surface area contributed by atoms with Crippen molar-refractivity contribution in [1.82, 2.24) is 10.6 Å². The van der Waals surface area contributed by atoms with E-state index in [1.54, 1.807) is 30.3 Å². The van der Waals surface area contributed by atoms with Gasteiger partial charge in [-0.25, -0.2) is 14.0 Å². The maximum absolute atomic E-state index is 13.7. The standard InChI is InChI=1S/C21H23FN2O6/c22-17-9-5-4-8-15(17)10-18(20(27)28)24-19(26)11-16(25)12-23-21(29)30-13-14-6-2-1-3-7-14/h1-9,16,18,25H,10-13H2,(H,23,29)(H,24,26)(H,27,28)/t16-,18+/m1/s1. The molecule has 0 saturated heterocycles. The molecule has 30 heavy (non-hydrogen) atoms. The van der Waals surface area contributed by atoms with Crippen LogP contribution in [0.4, 0.5) is 9.18 Å². The number of carbonyl (C=O) groups excluding carboxylic acids is 2. The van der Waals surface area contributed by atoms with Crippen molar-refractivity contribution < 1.29 is 33.7 Å². The number of carboxylic acids is 1. The molecule has 8 nitrogen and oxygen atoms in total. The number of alkyl carbamates (subject to hydrolysis) is 1. The lowest BCUT2D eigenvalue weighted by Crippen LogP contribution is -2.44. The Morgan fingerprint density at radius 2 is 1.70 bits per heavy atom. The third-order valence-corrected chi connectivity index (χ3v) is 4.13. The van der Waals surface area contributed by atoms with Gasteiger partial charge >= 0.3 is 12.1 Å². The Bertz CT molecular complexity index is 862. The molecule has 0 aliphatic heterocycles. The number of benzene rings is 2. The van der Waals surface area contributed by atoms with Crippen LogP contribution in [0, 0.1) is 5.82 Å². The summed E-state index contributed by atoms with van der Waals surface area (Å²) in [5.41, 5.74) is 0.940. The van der Waals surface area contributed by atoms with E-state index in [2.05, 4.69) is 10.6 Å². The number of rotatable bonds is 10. The van der Waals surface area contributed by atoms with Crippen molar-refractivity contribution in [2.75, 3.05) is 6.54 Å². The number of hydrogen-bond donors (Lipinski definition) is 4. The highest BCUT2D eigenvalue weighted by atomic mass is 19.1. The summed E-state index contributed by atoms with van der Waals surface area (Å²) in [5.74, 6) is -2.65. The van der Waals surface area contributed by atoms with Crippen LogP contribution < -0.4 is 10.6 Å². The van der Waals surface area contributed by atoms with E-state index in [4.69, 9.17) is 4.74 Å². The van der Waals surface area contributed by atoms with Crippen molar-refractivity contribution in [3.8, 4) is 0 Å². The Kier molecular flexibility index (Phi) is 8.76. The van der Waals surface area contributed by atoms with Crippen molar-refractivity contribution in [3.05, 3.63) is 71.5 Å². The molecule has 160 valence electrons. The average Bonchev–Trinajstić information content (AvgIpc) is 2.72. The summed E-state index contributed by atoms with van der Waals surface area (Å²) in [4.78, 5) is 35.0. The maximum atomic E-state index is 13.7. The minimum Gasteiger partial charge on any atom is -0.480 e. The molecule has 2 atom stereocenters. The summed E-state index contributed by atoms with van der Waals surface area (Å²) in [6.07, 6.45) is -2.70. The third kappa shape index (κ3) is 7.88. The molecular formula is C21H23FN2O6. The van der Waals surface area contributed by atoms with E-state index in [1.165, 1.54) is 18.2 Å². The molecule has 0 bridgehead atoms. The first-order valence-corrected chi connectivity index (χ1v) is 9.23. The molecule has 2 rings (SSSR count). The summed E-state index contributed by atoms with van der Waals surface area (Å²) < 4.78 is 18.7. The number of amides is 2. The lowest BCUT2D eigenvalue weighted by atomic mass is 10.0. The number of carboxylic acid groups (broad SMARTS) is 1. The molecule has 0 heterocycles. The molecule has 0 spiro atoms. The molecule has 9 heteroatoms. The molecule has 0 aliphatic rings. The number of ether oxygens (including phenoxy) is 1. The fourth-order valence-corrected chi connectivity index (χ4v) is 2.60. The Morgan fingerprint density at radius 1 is 1.03 bits per heavy atom. The molecule has 2 aromatic carbocycles. The largest absolute Gasteiger partial charge is 0.480 e. The molecule has 2 amide bonds. The van der Waals surface area contributed by atoms with Crippen molar-refractivity contribution >= 4 is 18.0 Å². The Morgan fingerprint density at radius 3 is 2.37 bits per heavy atom. The second kappa shape index (κ2) is 11.5. The first-order valence-electron chi connectivity index (χ1n) is 9.23. The van der Waals surface area contributed by atoms with Crippen molar-refractivity contribution in [2.24, 2.45) is 0 Å². The normalized spacial score (nSPS) is 12.5. The zero-order chi connectivity index (χ0) is 21.9. The Hall–Kier alpha value is -3.46. The number of aliphatic carboxylic acids is 1. The molecule has 0 radical (unpaired) electrons. The third-order valence-electron chi connectivity index (χ3n) is 4.13. The monoisotopic (exact) mass is 418 g/mol. The molecule has 0 fully saturated rings. The van der Waals surface area contributed by atoms with Gasteiger partial charge in [0.2, 0.25) is 5.91 Å². The van der Waals surface area contributed by atoms with Crippen LogP contribution in [0.15, 0.2) is 54.6 Å². The van der Waals surface area contributed by atoms with Crippen LogP contribution in [0.5, 0.6) is 0 Å². The lowest BCUT2D eigenvalue weighted by Gasteiger charge is -2.17. The lowest BCUT2D eigenvalue weighted by molar-refractivity contribution is -0.142. The van der Waals surface area contributed by atoms with E-state index >= 15 is 0 Å². The Labute approximate surface area is 172 Å². The van der Waals surface area contributed by atoms with E-state index in [1.807, 2.05) is 6.07 Å². The first-order chi connectivity index (χ1) is 14.3. The van der Waals surface area contributed by atoms with Crippen LogP contribution in [-0.4, -0.2) is 46.9 Å². The van der Waals surface area contributed by atoms with Crippen LogP contribution in [-0.2, 0) is 27.4 Å². The molecule has 4 N–H and O–H groups in total. The minimum absolute atomic E-state index is 0.0552. The summed E-state index contributed by atoms with van der Waals surface area (Å²) in [5, 5.41) is 23.7. The molecule has 2 aromatic rings. The molecule has 0 aromatic heterocycles. The topological polar surface area (TPSA) is 125 Å². The number of nitrogens with one attached hydrogen (secondary N) is 2. The smallest absolute Gasteiger partial charge is 0.407 e. The van der Waals surface area contributed by atoms with Crippen molar-refractivity contribution in [1.29, 1.82) is 0 Å². The van der Waals surface area contributed by atoms with Gasteiger partial charge in [0.15, 0.2) is 0 Å². The van der Waals surface area contributed by atoms with Crippen LogP contribution in [0.2, 0.25) is 0 Å². The van der Waals surface area contributed by atoms with Gasteiger partial charge in [-0.3, -0.25) is 4.79 Å². The molecular weight excluding hydrogens is 395 g/mol. The number of hydrogen-bond acceptors (Lipinski definition) is 5. The number of aliphatic hydroxyl groups excluding tert-OH is 1. The van der Waals surface area contributed by atoms with Crippen LogP contribution in [0.1, 0.15) is 17.5 Å². The summed E-state index contributed by atoms with van der Waals surface area (Å²) in [7, 11) is 0. The molecule has 0 saturated carbocycles. The zero-order valence-corrected chi connectivity index (χ0v) is 16.1. The van der Waals surface area contributed by atoms with Gasteiger partial charge in [0.05, 0.1) is 12.5 Å². The maximum Gasteiger partial charge on any atom is 0.407 e. The van der Waals surface area contributed by atoms with Gasteiger partial charge in [0.1, 0.15) is 18.5 Å². The van der Waals surface area contributed by atoms with Crippen molar-refractivity contribution in [2.45, 2.75) is 31.6 Å². The predicted molar refractivity (Wildman–Crippen MR) is 105 cm³/mol. The fourth-order valence-electron chi connectivity index (χ4n) is 2.60. The fraction of sp³-hybridized carbons (Fsp3) is 0.286. The van der Waals surface area contributed by atoms with Gasteiger partial charge in [-0.1, -0.05) is 48.5 Å². The zero-order valence-electron chi connectivity index (χ0n) is 16.1. The highest BCUT2D eigenvalue weighted by Crippen LogP contribution is 2.10. The predicted octanol–water partition coefficient (Wildman–Crippen LogP) is 1.61. The SMILES string of the molecule is O=C(C[C@@H](O)CNC(=O)OCc1ccccc1)N[C@@H](Cc1ccccc1F)C(=O)O. The average molecular weight is 418 g/mol. The number of halogens is 1. The quantitative estimate of drug-likeness (QED) is 0.465. The van der Waals surface area contributed by atoms with Gasteiger partial charge in [0, 0.05) is 13.0 Å². The summed E-state index contributed by atoms with van der Waals surface area (Å²) in [6, 6.07) is 13.3. The highest BCUT2D eigenvalue weighted by molar-refractivity contribution is 5.84. The van der Waals surface area contributed by atoms with E-state index < -0.39 is 42.4 Å². The molecule has 0 aliphatic carbocycles. The summed E-state index contributed by atoms with van der Waals surface area (Å²) >= 11 is 0. The van der Waals surface area contributed by atoms with Gasteiger partial charge in [-0.05, 0) is 17.2 Å². The molecule has 0 unspecified atom stereocenters. The summed E-state index contributed by atoms with van der Waals surface area (Å²) in [6.45, 7) is -0.203. The second-order valence-corrected chi connectivity index (χ2v) is 6.55.